The Labute approximate surface area is 203 Å². The van der Waals surface area contributed by atoms with Crippen LogP contribution in [0.15, 0.2) is 63.3 Å². The summed E-state index contributed by atoms with van der Waals surface area (Å²) in [5.41, 5.74) is 1.83. The average Bonchev–Trinajstić information content (AvgIpc) is 3.13. The van der Waals surface area contributed by atoms with Gasteiger partial charge in [0.2, 0.25) is 0 Å². The minimum Gasteiger partial charge on any atom is -0.495 e. The number of ether oxygens (including phenoxy) is 1. The normalized spacial score (nSPS) is 12.4. The third kappa shape index (κ3) is 3.70. The summed E-state index contributed by atoms with van der Waals surface area (Å²) in [4.78, 5) is 40.7. The van der Waals surface area contributed by atoms with Gasteiger partial charge in [-0.05, 0) is 50.6 Å². The number of methoxy groups -OCH3 is 1. The van der Waals surface area contributed by atoms with Crippen molar-refractivity contribution in [2.75, 3.05) is 7.11 Å². The fourth-order valence-corrected chi connectivity index (χ4v) is 5.91. The highest BCUT2D eigenvalue weighted by Crippen LogP contribution is 2.36. The maximum atomic E-state index is 13.6. The number of para-hydroxylation sites is 3. The summed E-state index contributed by atoms with van der Waals surface area (Å²) in [6.07, 6.45) is 0. The van der Waals surface area contributed by atoms with Gasteiger partial charge in [-0.15, -0.1) is 11.3 Å². The minimum atomic E-state index is -0.270. The Balaban J connectivity index is 1.67. The first kappa shape index (κ1) is 22.4. The summed E-state index contributed by atoms with van der Waals surface area (Å²) in [6, 6.07) is 14.6. The standard InChI is InChI=1S/C25H22N4O3S2/c1-13-14(2)33-23-20(13)22(30)27-21(28-23)15(3)34-25-26-17-10-6-5-9-16(17)24(31)29(25)18-11-7-8-12-19(18)32-4/h5-12,15H,1-4H3,(H,27,28,30)/t15-/m1/s1. The van der Waals surface area contributed by atoms with E-state index >= 15 is 0 Å². The maximum absolute atomic E-state index is 13.6. The Bertz CT molecular complexity index is 1670. The number of thiophene rings is 1. The Hall–Kier alpha value is -3.43. The number of nitrogens with one attached hydrogen (secondary N) is 1. The molecule has 172 valence electrons. The molecule has 0 saturated carbocycles. The quantitative estimate of drug-likeness (QED) is 0.270. The predicted octanol–water partition coefficient (Wildman–Crippen LogP) is 5.16. The number of hydrogen-bond acceptors (Lipinski definition) is 7. The summed E-state index contributed by atoms with van der Waals surface area (Å²) < 4.78 is 7.10. The number of rotatable bonds is 5. The zero-order valence-corrected chi connectivity index (χ0v) is 20.7. The summed E-state index contributed by atoms with van der Waals surface area (Å²) in [5.74, 6) is 1.10. The van der Waals surface area contributed by atoms with Crippen LogP contribution in [0.25, 0.3) is 26.8 Å². The number of aromatic amines is 1. The van der Waals surface area contributed by atoms with E-state index in [1.165, 1.54) is 23.1 Å². The summed E-state index contributed by atoms with van der Waals surface area (Å²) >= 11 is 2.88. The molecule has 5 rings (SSSR count). The first-order chi connectivity index (χ1) is 16.4. The third-order valence-electron chi connectivity index (χ3n) is 5.80. The molecule has 2 aromatic carbocycles. The van der Waals surface area contributed by atoms with E-state index in [0.717, 1.165) is 15.3 Å². The molecule has 3 aromatic heterocycles. The van der Waals surface area contributed by atoms with Crippen molar-refractivity contribution in [3.63, 3.8) is 0 Å². The number of aryl methyl sites for hydroxylation is 2. The zero-order chi connectivity index (χ0) is 24.0. The van der Waals surface area contributed by atoms with E-state index in [2.05, 4.69) is 4.98 Å². The van der Waals surface area contributed by atoms with Crippen molar-refractivity contribution in [2.24, 2.45) is 0 Å². The van der Waals surface area contributed by atoms with E-state index < -0.39 is 0 Å². The van der Waals surface area contributed by atoms with Gasteiger partial charge in [-0.25, -0.2) is 9.97 Å². The Morgan fingerprint density at radius 2 is 1.79 bits per heavy atom. The predicted molar refractivity (Wildman–Crippen MR) is 138 cm³/mol. The molecule has 34 heavy (non-hydrogen) atoms. The molecule has 9 heteroatoms. The van der Waals surface area contributed by atoms with Crippen molar-refractivity contribution in [1.29, 1.82) is 0 Å². The Morgan fingerprint density at radius 3 is 2.59 bits per heavy atom. The fraction of sp³-hybridized carbons (Fsp3) is 0.200. The van der Waals surface area contributed by atoms with Gasteiger partial charge in [0.05, 0.1) is 34.3 Å². The first-order valence-electron chi connectivity index (χ1n) is 10.7. The van der Waals surface area contributed by atoms with Crippen LogP contribution in [0.5, 0.6) is 5.75 Å². The van der Waals surface area contributed by atoms with Gasteiger partial charge >= 0.3 is 0 Å². The van der Waals surface area contributed by atoms with Crippen molar-refractivity contribution in [3.05, 3.63) is 85.5 Å². The topological polar surface area (TPSA) is 89.9 Å². The largest absolute Gasteiger partial charge is 0.495 e. The molecule has 0 saturated heterocycles. The van der Waals surface area contributed by atoms with Crippen LogP contribution in [0.3, 0.4) is 0 Å². The molecule has 0 unspecified atom stereocenters. The lowest BCUT2D eigenvalue weighted by Gasteiger charge is -2.17. The SMILES string of the molecule is COc1ccccc1-n1c(S[C@H](C)c2nc3sc(C)c(C)c3c(=O)[nH]2)nc2ccccc2c1=O. The second-order valence-electron chi connectivity index (χ2n) is 7.90. The van der Waals surface area contributed by atoms with Crippen LogP contribution in [-0.2, 0) is 0 Å². The molecule has 0 bridgehead atoms. The molecule has 0 radical (unpaired) electrons. The van der Waals surface area contributed by atoms with E-state index in [1.807, 2.05) is 63.2 Å². The van der Waals surface area contributed by atoms with Gasteiger partial charge in [0.15, 0.2) is 5.16 Å². The molecule has 7 nitrogen and oxygen atoms in total. The van der Waals surface area contributed by atoms with Gasteiger partial charge in [-0.1, -0.05) is 36.0 Å². The second kappa shape index (κ2) is 8.73. The number of H-pyrrole nitrogens is 1. The van der Waals surface area contributed by atoms with Crippen LogP contribution >= 0.6 is 23.1 Å². The van der Waals surface area contributed by atoms with E-state index in [9.17, 15) is 9.59 Å². The molecule has 1 N–H and O–H groups in total. The molecular formula is C25H22N4O3S2. The molecule has 5 aromatic rings. The highest BCUT2D eigenvalue weighted by atomic mass is 32.2. The molecule has 0 aliphatic carbocycles. The van der Waals surface area contributed by atoms with E-state index in [4.69, 9.17) is 14.7 Å². The number of nitrogens with zero attached hydrogens (tertiary/aromatic N) is 3. The molecule has 0 aliphatic heterocycles. The van der Waals surface area contributed by atoms with Crippen LogP contribution in [0.1, 0.15) is 28.4 Å². The number of benzene rings is 2. The van der Waals surface area contributed by atoms with Gasteiger partial charge in [0.25, 0.3) is 11.1 Å². The monoisotopic (exact) mass is 490 g/mol. The molecule has 0 fully saturated rings. The number of aromatic nitrogens is 4. The Kier molecular flexibility index (Phi) is 5.75. The van der Waals surface area contributed by atoms with E-state index in [1.54, 1.807) is 17.7 Å². The summed E-state index contributed by atoms with van der Waals surface area (Å²) in [5, 5.41) is 1.37. The number of fused-ring (bicyclic) bond motifs is 2. The number of thioether (sulfide) groups is 1. The number of hydrogen-bond donors (Lipinski definition) is 1. The molecule has 1 atom stereocenters. The highest BCUT2D eigenvalue weighted by molar-refractivity contribution is 7.99. The van der Waals surface area contributed by atoms with Gasteiger partial charge in [-0.3, -0.25) is 14.2 Å². The summed E-state index contributed by atoms with van der Waals surface area (Å²) in [6.45, 7) is 5.87. The van der Waals surface area contributed by atoms with Crippen molar-refractivity contribution in [1.82, 2.24) is 19.5 Å². The second-order valence-corrected chi connectivity index (χ2v) is 10.4. The Morgan fingerprint density at radius 1 is 1.06 bits per heavy atom. The molecule has 0 spiro atoms. The molecule has 0 aliphatic rings. The highest BCUT2D eigenvalue weighted by Gasteiger charge is 2.21. The minimum absolute atomic E-state index is 0.150. The lowest BCUT2D eigenvalue weighted by molar-refractivity contribution is 0.411. The lowest BCUT2D eigenvalue weighted by Crippen LogP contribution is -2.22. The molecule has 3 heterocycles. The van der Waals surface area contributed by atoms with Crippen LogP contribution in [0.2, 0.25) is 0 Å². The van der Waals surface area contributed by atoms with Crippen molar-refractivity contribution in [3.8, 4) is 11.4 Å². The fourth-order valence-electron chi connectivity index (χ4n) is 3.90. The zero-order valence-electron chi connectivity index (χ0n) is 19.1. The van der Waals surface area contributed by atoms with Crippen LogP contribution in [-0.4, -0.2) is 26.6 Å². The van der Waals surface area contributed by atoms with Crippen LogP contribution in [0.4, 0.5) is 0 Å². The maximum Gasteiger partial charge on any atom is 0.266 e. The lowest BCUT2D eigenvalue weighted by atomic mass is 10.2. The molecular weight excluding hydrogens is 468 g/mol. The first-order valence-corrected chi connectivity index (χ1v) is 12.4. The average molecular weight is 491 g/mol. The third-order valence-corrected chi connectivity index (χ3v) is 7.96. The van der Waals surface area contributed by atoms with Crippen molar-refractivity contribution in [2.45, 2.75) is 31.2 Å². The van der Waals surface area contributed by atoms with Gasteiger partial charge in [0, 0.05) is 4.88 Å². The van der Waals surface area contributed by atoms with Crippen LogP contribution in [0, 0.1) is 13.8 Å². The van der Waals surface area contributed by atoms with Crippen molar-refractivity contribution >= 4 is 44.2 Å². The van der Waals surface area contributed by atoms with E-state index in [-0.39, 0.29) is 16.4 Å². The van der Waals surface area contributed by atoms with Gasteiger partial charge in [0.1, 0.15) is 16.4 Å². The van der Waals surface area contributed by atoms with Gasteiger partial charge in [-0.2, -0.15) is 0 Å². The van der Waals surface area contributed by atoms with Crippen LogP contribution < -0.4 is 15.9 Å². The summed E-state index contributed by atoms with van der Waals surface area (Å²) in [7, 11) is 1.57. The molecule has 0 amide bonds. The van der Waals surface area contributed by atoms with E-state index in [0.29, 0.717) is 38.7 Å². The smallest absolute Gasteiger partial charge is 0.266 e. The van der Waals surface area contributed by atoms with Gasteiger partial charge < -0.3 is 9.72 Å². The van der Waals surface area contributed by atoms with Crippen molar-refractivity contribution < 1.29 is 4.74 Å².